The average Bonchev–Trinajstić information content (AvgIpc) is 3.13. The van der Waals surface area contributed by atoms with Gasteiger partial charge in [-0.2, -0.15) is 5.10 Å². The molecule has 1 aliphatic rings. The van der Waals surface area contributed by atoms with Gasteiger partial charge in [-0.05, 0) is 18.6 Å². The molecule has 0 saturated carbocycles. The molecule has 0 bridgehead atoms. The van der Waals surface area contributed by atoms with Gasteiger partial charge in [0.2, 0.25) is 0 Å². The highest BCUT2D eigenvalue weighted by Crippen LogP contribution is 2.24. The lowest BCUT2D eigenvalue weighted by atomic mass is 10.1. The summed E-state index contributed by atoms with van der Waals surface area (Å²) in [7, 11) is 1.61. The molecule has 23 heavy (non-hydrogen) atoms. The minimum atomic E-state index is -0.625. The summed E-state index contributed by atoms with van der Waals surface area (Å²) in [5.41, 5.74) is 5.63. The topological polar surface area (TPSA) is 86.3 Å². The van der Waals surface area contributed by atoms with E-state index in [0.29, 0.717) is 25.3 Å². The zero-order chi connectivity index (χ0) is 16.4. The van der Waals surface area contributed by atoms with Crippen LogP contribution in [0.15, 0.2) is 30.7 Å². The van der Waals surface area contributed by atoms with Crippen LogP contribution in [-0.2, 0) is 11.3 Å². The van der Waals surface area contributed by atoms with Crippen LogP contribution in [0.1, 0.15) is 16.8 Å². The molecule has 8 heteroatoms. The summed E-state index contributed by atoms with van der Waals surface area (Å²) in [6.07, 6.45) is 4.78. The summed E-state index contributed by atoms with van der Waals surface area (Å²) in [5.74, 6) is -0.570. The van der Waals surface area contributed by atoms with Crippen LogP contribution >= 0.6 is 0 Å². The minimum absolute atomic E-state index is 0.0155. The summed E-state index contributed by atoms with van der Waals surface area (Å²) in [6.45, 7) is 0.897. The van der Waals surface area contributed by atoms with Crippen LogP contribution < -0.4 is 5.73 Å². The molecule has 7 nitrogen and oxygen atoms in total. The van der Waals surface area contributed by atoms with Gasteiger partial charge in [-0.15, -0.1) is 0 Å². The number of ether oxygens (including phenoxy) is 1. The SMILES string of the molecule is CO[C@@H]1C[C@@H](Cn2ccc(N)n2)N(C(=O)c2ccncc2F)C1. The maximum atomic E-state index is 13.9. The van der Waals surface area contributed by atoms with Crippen LogP contribution in [0, 0.1) is 5.82 Å². The van der Waals surface area contributed by atoms with Crippen LogP contribution in [0.4, 0.5) is 10.2 Å². The maximum Gasteiger partial charge on any atom is 0.257 e. The number of nitrogens with zero attached hydrogens (tertiary/aromatic N) is 4. The number of halogens is 1. The molecular weight excluding hydrogens is 301 g/mol. The van der Waals surface area contributed by atoms with E-state index >= 15 is 0 Å². The number of likely N-dealkylation sites (tertiary alicyclic amines) is 1. The van der Waals surface area contributed by atoms with E-state index in [4.69, 9.17) is 10.5 Å². The highest BCUT2D eigenvalue weighted by Gasteiger charge is 2.36. The molecule has 1 fully saturated rings. The van der Waals surface area contributed by atoms with Crippen molar-refractivity contribution in [3.05, 3.63) is 42.1 Å². The lowest BCUT2D eigenvalue weighted by molar-refractivity contribution is 0.0674. The Labute approximate surface area is 132 Å². The number of carbonyl (C=O) groups is 1. The predicted molar refractivity (Wildman–Crippen MR) is 81.1 cm³/mol. The lowest BCUT2D eigenvalue weighted by Crippen LogP contribution is -2.39. The fraction of sp³-hybridized carbons (Fsp3) is 0.400. The Morgan fingerprint density at radius 3 is 3.00 bits per heavy atom. The number of amides is 1. The van der Waals surface area contributed by atoms with Gasteiger partial charge >= 0.3 is 0 Å². The molecule has 1 amide bonds. The summed E-state index contributed by atoms with van der Waals surface area (Å²) in [6, 6.07) is 2.94. The van der Waals surface area contributed by atoms with Gasteiger partial charge in [-0.1, -0.05) is 0 Å². The summed E-state index contributed by atoms with van der Waals surface area (Å²) < 4.78 is 20.9. The van der Waals surface area contributed by atoms with Crippen LogP contribution in [0.2, 0.25) is 0 Å². The number of nitrogens with two attached hydrogens (primary N) is 1. The summed E-state index contributed by atoms with van der Waals surface area (Å²) in [4.78, 5) is 18.0. The van der Waals surface area contributed by atoms with Gasteiger partial charge < -0.3 is 15.4 Å². The van der Waals surface area contributed by atoms with Crippen molar-refractivity contribution in [2.45, 2.75) is 25.1 Å². The molecule has 3 heterocycles. The highest BCUT2D eigenvalue weighted by atomic mass is 19.1. The van der Waals surface area contributed by atoms with Crippen molar-refractivity contribution in [3.8, 4) is 0 Å². The van der Waals surface area contributed by atoms with Crippen LogP contribution in [0.25, 0.3) is 0 Å². The van der Waals surface area contributed by atoms with Crippen molar-refractivity contribution in [2.75, 3.05) is 19.4 Å². The molecule has 2 aromatic rings. The number of rotatable bonds is 4. The van der Waals surface area contributed by atoms with E-state index in [2.05, 4.69) is 10.1 Å². The van der Waals surface area contributed by atoms with E-state index in [-0.39, 0.29) is 23.6 Å². The van der Waals surface area contributed by atoms with E-state index in [1.807, 2.05) is 0 Å². The second-order valence-corrected chi connectivity index (χ2v) is 5.52. The Balaban J connectivity index is 1.82. The number of carbonyl (C=O) groups excluding carboxylic acids is 1. The number of anilines is 1. The predicted octanol–water partition coefficient (Wildman–Crippen LogP) is 0.929. The Morgan fingerprint density at radius 2 is 2.35 bits per heavy atom. The third kappa shape index (κ3) is 3.16. The fourth-order valence-electron chi connectivity index (χ4n) is 2.86. The zero-order valence-corrected chi connectivity index (χ0v) is 12.7. The molecule has 3 rings (SSSR count). The van der Waals surface area contributed by atoms with Gasteiger partial charge in [0, 0.05) is 26.0 Å². The molecule has 122 valence electrons. The smallest absolute Gasteiger partial charge is 0.257 e. The molecule has 0 unspecified atom stereocenters. The molecule has 2 atom stereocenters. The molecule has 1 saturated heterocycles. The second kappa shape index (κ2) is 6.33. The normalized spacial score (nSPS) is 20.9. The Hall–Kier alpha value is -2.48. The van der Waals surface area contributed by atoms with E-state index in [1.54, 1.807) is 29.0 Å². The largest absolute Gasteiger partial charge is 0.382 e. The van der Waals surface area contributed by atoms with Crippen LogP contribution in [-0.4, -0.2) is 51.4 Å². The van der Waals surface area contributed by atoms with Gasteiger partial charge in [0.25, 0.3) is 5.91 Å². The molecule has 0 aromatic carbocycles. The minimum Gasteiger partial charge on any atom is -0.382 e. The molecular formula is C15H18FN5O2. The van der Waals surface area contributed by atoms with Gasteiger partial charge in [-0.25, -0.2) is 4.39 Å². The monoisotopic (exact) mass is 319 g/mol. The average molecular weight is 319 g/mol. The van der Waals surface area contributed by atoms with Crippen molar-refractivity contribution in [1.29, 1.82) is 0 Å². The van der Waals surface area contributed by atoms with Crippen molar-refractivity contribution in [2.24, 2.45) is 0 Å². The number of methoxy groups -OCH3 is 1. The van der Waals surface area contributed by atoms with Crippen LogP contribution in [0.3, 0.4) is 0 Å². The number of pyridine rings is 1. The quantitative estimate of drug-likeness (QED) is 0.906. The van der Waals surface area contributed by atoms with E-state index in [1.165, 1.54) is 12.3 Å². The molecule has 0 spiro atoms. The highest BCUT2D eigenvalue weighted by molar-refractivity contribution is 5.94. The Morgan fingerprint density at radius 1 is 1.52 bits per heavy atom. The second-order valence-electron chi connectivity index (χ2n) is 5.52. The lowest BCUT2D eigenvalue weighted by Gasteiger charge is -2.24. The van der Waals surface area contributed by atoms with E-state index in [9.17, 15) is 9.18 Å². The van der Waals surface area contributed by atoms with Gasteiger partial charge in [-0.3, -0.25) is 14.5 Å². The fourth-order valence-corrected chi connectivity index (χ4v) is 2.86. The number of hydrogen-bond donors (Lipinski definition) is 1. The van der Waals surface area contributed by atoms with Gasteiger partial charge in [0.05, 0.1) is 30.5 Å². The van der Waals surface area contributed by atoms with Gasteiger partial charge in [0.1, 0.15) is 5.82 Å². The standard InChI is InChI=1S/C15H18FN5O2/c1-23-11-6-10(8-20-5-3-14(17)19-20)21(9-11)15(22)12-2-4-18-7-13(12)16/h2-5,7,10-11H,6,8-9H2,1H3,(H2,17,19)/t10-,11+/m0/s1. The first-order chi connectivity index (χ1) is 11.1. The molecule has 2 N–H and O–H groups in total. The Bertz CT molecular complexity index is 705. The zero-order valence-electron chi connectivity index (χ0n) is 12.7. The maximum absolute atomic E-state index is 13.9. The molecule has 0 aliphatic carbocycles. The summed E-state index contributed by atoms with van der Waals surface area (Å²) in [5, 5.41) is 4.14. The van der Waals surface area contributed by atoms with E-state index < -0.39 is 5.82 Å². The first-order valence-electron chi connectivity index (χ1n) is 7.30. The van der Waals surface area contributed by atoms with Crippen molar-refractivity contribution in [1.82, 2.24) is 19.7 Å². The number of nitrogen functional groups attached to an aromatic ring is 1. The molecule has 2 aromatic heterocycles. The van der Waals surface area contributed by atoms with Crippen molar-refractivity contribution >= 4 is 11.7 Å². The van der Waals surface area contributed by atoms with E-state index in [0.717, 1.165) is 6.20 Å². The molecule has 1 aliphatic heterocycles. The first kappa shape index (κ1) is 15.4. The molecule has 0 radical (unpaired) electrons. The van der Waals surface area contributed by atoms with Crippen molar-refractivity contribution < 1.29 is 13.9 Å². The Kier molecular flexibility index (Phi) is 4.24. The first-order valence-corrected chi connectivity index (χ1v) is 7.30. The van der Waals surface area contributed by atoms with Gasteiger partial charge in [0.15, 0.2) is 5.82 Å². The van der Waals surface area contributed by atoms with Crippen LogP contribution in [0.5, 0.6) is 0 Å². The third-order valence-corrected chi connectivity index (χ3v) is 4.03. The summed E-state index contributed by atoms with van der Waals surface area (Å²) >= 11 is 0. The number of hydrogen-bond acceptors (Lipinski definition) is 5. The van der Waals surface area contributed by atoms with Crippen molar-refractivity contribution in [3.63, 3.8) is 0 Å². The third-order valence-electron chi connectivity index (χ3n) is 4.03. The number of aromatic nitrogens is 3.